The maximum atomic E-state index is 12.1. The topological polar surface area (TPSA) is 75.6 Å². The zero-order valence-electron chi connectivity index (χ0n) is 13.9. The normalized spacial score (nSPS) is 14.7. The summed E-state index contributed by atoms with van der Waals surface area (Å²) in [4.78, 5) is 23.3. The number of rotatable bonds is 8. The van der Waals surface area contributed by atoms with E-state index in [1.165, 1.54) is 5.56 Å². The molecule has 1 amide bonds. The molecule has 5 nitrogen and oxygen atoms in total. The second-order valence-corrected chi connectivity index (χ2v) is 6.33. The predicted molar refractivity (Wildman–Crippen MR) is 94.2 cm³/mol. The average Bonchev–Trinajstić information content (AvgIpc) is 3.42. The number of hydrogen-bond donors (Lipinski definition) is 2. The molecule has 1 fully saturated rings. The highest BCUT2D eigenvalue weighted by molar-refractivity contribution is 6.10. The van der Waals surface area contributed by atoms with Crippen LogP contribution in [-0.2, 0) is 27.4 Å². The van der Waals surface area contributed by atoms with Gasteiger partial charge in [0.1, 0.15) is 5.41 Å². The Morgan fingerprint density at radius 2 is 1.76 bits per heavy atom. The lowest BCUT2D eigenvalue weighted by Gasteiger charge is -2.12. The highest BCUT2D eigenvalue weighted by Gasteiger charge is 2.57. The van der Waals surface area contributed by atoms with Crippen LogP contribution in [0.2, 0.25) is 0 Å². The molecule has 2 N–H and O–H groups in total. The summed E-state index contributed by atoms with van der Waals surface area (Å²) in [6.45, 7) is 1.06. The van der Waals surface area contributed by atoms with Gasteiger partial charge in [0, 0.05) is 5.69 Å². The van der Waals surface area contributed by atoms with Crippen LogP contribution >= 0.6 is 0 Å². The molecule has 0 aromatic heterocycles. The number of anilines is 1. The van der Waals surface area contributed by atoms with Crippen LogP contribution in [0.15, 0.2) is 54.6 Å². The third-order valence-corrected chi connectivity index (χ3v) is 4.43. The molecule has 0 bridgehead atoms. The molecular formula is C20H21NO4. The van der Waals surface area contributed by atoms with Crippen molar-refractivity contribution >= 4 is 17.6 Å². The van der Waals surface area contributed by atoms with E-state index in [1.807, 2.05) is 36.4 Å². The molecule has 3 rings (SSSR count). The second kappa shape index (κ2) is 7.49. The number of aliphatic carboxylic acids is 1. The van der Waals surface area contributed by atoms with Gasteiger partial charge in [-0.3, -0.25) is 9.59 Å². The first kappa shape index (κ1) is 17.2. The smallest absolute Gasteiger partial charge is 0.319 e. The Hall–Kier alpha value is -2.66. The first-order valence-electron chi connectivity index (χ1n) is 8.36. The van der Waals surface area contributed by atoms with Crippen molar-refractivity contribution in [3.8, 4) is 0 Å². The van der Waals surface area contributed by atoms with Gasteiger partial charge in [0.15, 0.2) is 0 Å². The SMILES string of the molecule is O=C(O)C1(C(=O)Nc2cccc(COCCc3ccccc3)c2)CC1. The fourth-order valence-corrected chi connectivity index (χ4v) is 2.68. The van der Waals surface area contributed by atoms with Crippen molar-refractivity contribution in [2.75, 3.05) is 11.9 Å². The van der Waals surface area contributed by atoms with E-state index < -0.39 is 17.3 Å². The van der Waals surface area contributed by atoms with Crippen molar-refractivity contribution in [3.05, 3.63) is 65.7 Å². The Labute approximate surface area is 146 Å². The Balaban J connectivity index is 1.50. The number of carboxylic acid groups (broad SMARTS) is 1. The summed E-state index contributed by atoms with van der Waals surface area (Å²) in [6.07, 6.45) is 1.64. The number of nitrogens with one attached hydrogen (secondary N) is 1. The maximum Gasteiger partial charge on any atom is 0.319 e. The molecular weight excluding hydrogens is 318 g/mol. The van der Waals surface area contributed by atoms with E-state index in [0.29, 0.717) is 31.7 Å². The molecule has 1 aliphatic rings. The molecule has 1 saturated carbocycles. The molecule has 0 heterocycles. The summed E-state index contributed by atoms with van der Waals surface area (Å²) in [5, 5.41) is 11.9. The predicted octanol–water partition coefficient (Wildman–Crippen LogP) is 3.25. The molecule has 0 saturated heterocycles. The van der Waals surface area contributed by atoms with Crippen molar-refractivity contribution in [2.45, 2.75) is 25.9 Å². The summed E-state index contributed by atoms with van der Waals surface area (Å²) in [6, 6.07) is 17.4. The lowest BCUT2D eigenvalue weighted by Crippen LogP contribution is -2.31. The third kappa shape index (κ3) is 4.25. The Morgan fingerprint density at radius 3 is 2.44 bits per heavy atom. The van der Waals surface area contributed by atoms with Crippen LogP contribution in [0.1, 0.15) is 24.0 Å². The van der Waals surface area contributed by atoms with Gasteiger partial charge in [-0.05, 0) is 42.5 Å². The highest BCUT2D eigenvalue weighted by Crippen LogP contribution is 2.46. The lowest BCUT2D eigenvalue weighted by molar-refractivity contribution is -0.147. The van der Waals surface area contributed by atoms with Gasteiger partial charge in [-0.15, -0.1) is 0 Å². The average molecular weight is 339 g/mol. The Bertz CT molecular complexity index is 753. The minimum Gasteiger partial charge on any atom is -0.480 e. The van der Waals surface area contributed by atoms with Gasteiger partial charge in [0.25, 0.3) is 0 Å². The van der Waals surface area contributed by atoms with Crippen molar-refractivity contribution in [1.82, 2.24) is 0 Å². The molecule has 1 aliphatic carbocycles. The number of carbonyl (C=O) groups excluding carboxylic acids is 1. The molecule has 0 unspecified atom stereocenters. The minimum absolute atomic E-state index is 0.399. The van der Waals surface area contributed by atoms with Crippen LogP contribution in [0.25, 0.3) is 0 Å². The van der Waals surface area contributed by atoms with Crippen molar-refractivity contribution in [3.63, 3.8) is 0 Å². The van der Waals surface area contributed by atoms with Crippen molar-refractivity contribution in [2.24, 2.45) is 5.41 Å². The van der Waals surface area contributed by atoms with Gasteiger partial charge in [-0.25, -0.2) is 0 Å². The molecule has 130 valence electrons. The van der Waals surface area contributed by atoms with Gasteiger partial charge < -0.3 is 15.2 Å². The molecule has 5 heteroatoms. The van der Waals surface area contributed by atoms with Gasteiger partial charge in [-0.2, -0.15) is 0 Å². The first-order valence-corrected chi connectivity index (χ1v) is 8.36. The standard InChI is InChI=1S/C20H21NO4/c22-18(20(10-11-20)19(23)24)21-17-8-4-7-16(13-17)14-25-12-9-15-5-2-1-3-6-15/h1-8,13H,9-12,14H2,(H,21,22)(H,23,24). The number of carbonyl (C=O) groups is 2. The summed E-state index contributed by atoms with van der Waals surface area (Å²) in [7, 11) is 0. The van der Waals surface area contributed by atoms with Crippen LogP contribution in [0, 0.1) is 5.41 Å². The van der Waals surface area contributed by atoms with Crippen molar-refractivity contribution < 1.29 is 19.4 Å². The number of ether oxygens (including phenoxy) is 1. The molecule has 25 heavy (non-hydrogen) atoms. The molecule has 0 radical (unpaired) electrons. The molecule has 0 atom stereocenters. The Kier molecular flexibility index (Phi) is 5.14. The number of amides is 1. The highest BCUT2D eigenvalue weighted by atomic mass is 16.5. The van der Waals surface area contributed by atoms with Gasteiger partial charge in [0.2, 0.25) is 5.91 Å². The van der Waals surface area contributed by atoms with Crippen LogP contribution in [0.4, 0.5) is 5.69 Å². The second-order valence-electron chi connectivity index (χ2n) is 6.33. The maximum absolute atomic E-state index is 12.1. The zero-order valence-corrected chi connectivity index (χ0v) is 13.9. The quantitative estimate of drug-likeness (QED) is 0.572. The number of benzene rings is 2. The summed E-state index contributed by atoms with van der Waals surface area (Å²) >= 11 is 0. The largest absolute Gasteiger partial charge is 0.480 e. The zero-order chi connectivity index (χ0) is 17.7. The number of carboxylic acids is 1. The fraction of sp³-hybridized carbons (Fsp3) is 0.300. The van der Waals surface area contributed by atoms with E-state index in [0.717, 1.165) is 12.0 Å². The summed E-state index contributed by atoms with van der Waals surface area (Å²) in [5.41, 5.74) is 1.53. The molecule has 2 aromatic carbocycles. The van der Waals surface area contributed by atoms with Crippen LogP contribution in [-0.4, -0.2) is 23.6 Å². The van der Waals surface area contributed by atoms with Crippen LogP contribution < -0.4 is 5.32 Å². The van der Waals surface area contributed by atoms with E-state index in [9.17, 15) is 9.59 Å². The molecule has 0 aliphatic heterocycles. The monoisotopic (exact) mass is 339 g/mol. The van der Waals surface area contributed by atoms with Crippen LogP contribution in [0.3, 0.4) is 0 Å². The third-order valence-electron chi connectivity index (χ3n) is 4.43. The lowest BCUT2D eigenvalue weighted by atomic mass is 10.1. The minimum atomic E-state index is -1.23. The first-order chi connectivity index (χ1) is 12.1. The van der Waals surface area contributed by atoms with E-state index in [-0.39, 0.29) is 0 Å². The van der Waals surface area contributed by atoms with Crippen LogP contribution in [0.5, 0.6) is 0 Å². The van der Waals surface area contributed by atoms with E-state index in [2.05, 4.69) is 17.4 Å². The molecule has 2 aromatic rings. The summed E-state index contributed by atoms with van der Waals surface area (Å²) < 4.78 is 5.69. The van der Waals surface area contributed by atoms with E-state index in [4.69, 9.17) is 9.84 Å². The number of hydrogen-bond acceptors (Lipinski definition) is 3. The fourth-order valence-electron chi connectivity index (χ4n) is 2.68. The van der Waals surface area contributed by atoms with Gasteiger partial charge >= 0.3 is 5.97 Å². The Morgan fingerprint density at radius 1 is 1.04 bits per heavy atom. The van der Waals surface area contributed by atoms with E-state index in [1.54, 1.807) is 6.07 Å². The van der Waals surface area contributed by atoms with Gasteiger partial charge in [-0.1, -0.05) is 42.5 Å². The summed E-state index contributed by atoms with van der Waals surface area (Å²) in [5.74, 6) is -1.49. The van der Waals surface area contributed by atoms with E-state index >= 15 is 0 Å². The van der Waals surface area contributed by atoms with Crippen molar-refractivity contribution in [1.29, 1.82) is 0 Å². The van der Waals surface area contributed by atoms with Gasteiger partial charge in [0.05, 0.1) is 13.2 Å². The molecule has 0 spiro atoms.